The standard InChI is InChI=1S/C11H14N2O5S/c1-7-3-4-9(15)5-10(7)19(17,18)13-11(16)12-6-8(2)14/h3-5,15H,6H2,1-2H3,(H2,12,13,16). The molecule has 0 bridgehead atoms. The molecule has 0 aliphatic carbocycles. The summed E-state index contributed by atoms with van der Waals surface area (Å²) in [5, 5.41) is 11.4. The van der Waals surface area contributed by atoms with Gasteiger partial charge < -0.3 is 10.4 Å². The second kappa shape index (κ2) is 5.70. The molecule has 1 rings (SSSR count). The smallest absolute Gasteiger partial charge is 0.329 e. The van der Waals surface area contributed by atoms with Crippen LogP contribution in [-0.2, 0) is 14.8 Å². The van der Waals surface area contributed by atoms with Gasteiger partial charge in [0.2, 0.25) is 0 Å². The van der Waals surface area contributed by atoms with Crippen LogP contribution in [0.15, 0.2) is 23.1 Å². The highest BCUT2D eigenvalue weighted by Crippen LogP contribution is 2.20. The van der Waals surface area contributed by atoms with Crippen LogP contribution in [0.1, 0.15) is 12.5 Å². The van der Waals surface area contributed by atoms with Gasteiger partial charge in [-0.25, -0.2) is 17.9 Å². The average molecular weight is 286 g/mol. The van der Waals surface area contributed by atoms with Crippen molar-refractivity contribution in [3.05, 3.63) is 23.8 Å². The molecular formula is C11H14N2O5S. The topological polar surface area (TPSA) is 113 Å². The quantitative estimate of drug-likeness (QED) is 0.735. The number of aryl methyl sites for hydroxylation is 1. The van der Waals surface area contributed by atoms with E-state index in [1.165, 1.54) is 26.0 Å². The van der Waals surface area contributed by atoms with E-state index >= 15 is 0 Å². The number of carbonyl (C=O) groups excluding carboxylic acids is 2. The second-order valence-electron chi connectivity index (χ2n) is 3.94. The Morgan fingerprint density at radius 1 is 1.32 bits per heavy atom. The maximum atomic E-state index is 11.9. The first-order chi connectivity index (χ1) is 8.72. The van der Waals surface area contributed by atoms with E-state index in [2.05, 4.69) is 5.32 Å². The van der Waals surface area contributed by atoms with Crippen molar-refractivity contribution >= 4 is 21.8 Å². The number of rotatable bonds is 4. The van der Waals surface area contributed by atoms with Crippen LogP contribution in [-0.4, -0.2) is 31.9 Å². The van der Waals surface area contributed by atoms with Crippen molar-refractivity contribution in [1.29, 1.82) is 0 Å². The number of carbonyl (C=O) groups is 2. The molecule has 0 radical (unpaired) electrons. The summed E-state index contributed by atoms with van der Waals surface area (Å²) in [4.78, 5) is 21.8. The first-order valence-corrected chi connectivity index (χ1v) is 6.80. The van der Waals surface area contributed by atoms with Gasteiger partial charge in [-0.05, 0) is 25.5 Å². The molecule has 7 nitrogen and oxygen atoms in total. The summed E-state index contributed by atoms with van der Waals surface area (Å²) in [6.07, 6.45) is 0. The zero-order valence-electron chi connectivity index (χ0n) is 10.4. The molecule has 0 aliphatic heterocycles. The molecule has 2 amide bonds. The van der Waals surface area contributed by atoms with Crippen LogP contribution in [0.2, 0.25) is 0 Å². The van der Waals surface area contributed by atoms with E-state index in [1.807, 2.05) is 0 Å². The lowest BCUT2D eigenvalue weighted by atomic mass is 10.2. The Morgan fingerprint density at radius 2 is 1.95 bits per heavy atom. The van der Waals surface area contributed by atoms with Crippen molar-refractivity contribution in [2.75, 3.05) is 6.54 Å². The van der Waals surface area contributed by atoms with Gasteiger partial charge in [0.05, 0.1) is 11.4 Å². The molecule has 3 N–H and O–H groups in total. The lowest BCUT2D eigenvalue weighted by Crippen LogP contribution is -2.41. The average Bonchev–Trinajstić information content (AvgIpc) is 2.29. The van der Waals surface area contributed by atoms with Gasteiger partial charge in [0.1, 0.15) is 11.5 Å². The Labute approximate surface area is 110 Å². The number of phenols is 1. The van der Waals surface area contributed by atoms with Gasteiger partial charge in [0, 0.05) is 6.07 Å². The SMILES string of the molecule is CC(=O)CNC(=O)NS(=O)(=O)c1cc(O)ccc1C. The van der Waals surface area contributed by atoms with Crippen LogP contribution < -0.4 is 10.0 Å². The highest BCUT2D eigenvalue weighted by atomic mass is 32.2. The number of ketones is 1. The van der Waals surface area contributed by atoms with E-state index < -0.39 is 16.1 Å². The summed E-state index contributed by atoms with van der Waals surface area (Å²) in [7, 11) is -4.09. The van der Waals surface area contributed by atoms with Crippen LogP contribution >= 0.6 is 0 Å². The molecular weight excluding hydrogens is 272 g/mol. The predicted molar refractivity (Wildman–Crippen MR) is 67.2 cm³/mol. The highest BCUT2D eigenvalue weighted by Gasteiger charge is 2.20. The van der Waals surface area contributed by atoms with Crippen LogP contribution in [0, 0.1) is 6.92 Å². The molecule has 104 valence electrons. The molecule has 1 aromatic carbocycles. The number of amides is 2. The van der Waals surface area contributed by atoms with Crippen LogP contribution in [0.4, 0.5) is 4.79 Å². The number of benzene rings is 1. The fourth-order valence-electron chi connectivity index (χ4n) is 1.30. The van der Waals surface area contributed by atoms with E-state index in [-0.39, 0.29) is 23.0 Å². The maximum absolute atomic E-state index is 11.9. The number of urea groups is 1. The largest absolute Gasteiger partial charge is 0.508 e. The Morgan fingerprint density at radius 3 is 2.53 bits per heavy atom. The Balaban J connectivity index is 2.89. The van der Waals surface area contributed by atoms with E-state index in [1.54, 1.807) is 4.72 Å². The number of sulfonamides is 1. The number of phenolic OH excluding ortho intramolecular Hbond substituents is 1. The Hall–Kier alpha value is -2.09. The fourth-order valence-corrected chi connectivity index (χ4v) is 2.49. The van der Waals surface area contributed by atoms with E-state index in [4.69, 9.17) is 0 Å². The zero-order valence-corrected chi connectivity index (χ0v) is 11.2. The minimum Gasteiger partial charge on any atom is -0.508 e. The Bertz CT molecular complexity index is 610. The summed E-state index contributed by atoms with van der Waals surface area (Å²) >= 11 is 0. The van der Waals surface area contributed by atoms with E-state index in [0.717, 1.165) is 6.07 Å². The van der Waals surface area contributed by atoms with E-state index in [0.29, 0.717) is 5.56 Å². The van der Waals surface area contributed by atoms with Gasteiger partial charge in [0.15, 0.2) is 0 Å². The van der Waals surface area contributed by atoms with Crippen molar-refractivity contribution in [3.63, 3.8) is 0 Å². The molecule has 0 fully saturated rings. The monoisotopic (exact) mass is 286 g/mol. The molecule has 0 aromatic heterocycles. The number of nitrogens with one attached hydrogen (secondary N) is 2. The van der Waals surface area contributed by atoms with Gasteiger partial charge in [-0.15, -0.1) is 0 Å². The van der Waals surface area contributed by atoms with Gasteiger partial charge in [-0.1, -0.05) is 6.07 Å². The van der Waals surface area contributed by atoms with Crippen molar-refractivity contribution < 1.29 is 23.1 Å². The van der Waals surface area contributed by atoms with Crippen LogP contribution in [0.3, 0.4) is 0 Å². The van der Waals surface area contributed by atoms with Crippen molar-refractivity contribution in [1.82, 2.24) is 10.0 Å². The number of Topliss-reactive ketones (excluding diaryl/α,β-unsaturated/α-hetero) is 1. The summed E-state index contributed by atoms with van der Waals surface area (Å²) < 4.78 is 25.5. The number of hydrogen-bond donors (Lipinski definition) is 3. The van der Waals surface area contributed by atoms with Gasteiger partial charge >= 0.3 is 6.03 Å². The third-order valence-corrected chi connectivity index (χ3v) is 3.66. The summed E-state index contributed by atoms with van der Waals surface area (Å²) in [5.41, 5.74) is 0.379. The molecule has 0 heterocycles. The maximum Gasteiger partial charge on any atom is 0.329 e. The van der Waals surface area contributed by atoms with Gasteiger partial charge in [-0.2, -0.15) is 0 Å². The van der Waals surface area contributed by atoms with Crippen LogP contribution in [0.25, 0.3) is 0 Å². The molecule has 0 atom stereocenters. The molecule has 0 spiro atoms. The fraction of sp³-hybridized carbons (Fsp3) is 0.273. The van der Waals surface area contributed by atoms with Crippen molar-refractivity contribution in [2.45, 2.75) is 18.7 Å². The first-order valence-electron chi connectivity index (χ1n) is 5.32. The van der Waals surface area contributed by atoms with Crippen molar-refractivity contribution in [2.24, 2.45) is 0 Å². The molecule has 19 heavy (non-hydrogen) atoms. The van der Waals surface area contributed by atoms with Gasteiger partial charge in [0.25, 0.3) is 10.0 Å². The lowest BCUT2D eigenvalue weighted by molar-refractivity contribution is -0.116. The van der Waals surface area contributed by atoms with Gasteiger partial charge in [-0.3, -0.25) is 4.79 Å². The van der Waals surface area contributed by atoms with E-state index in [9.17, 15) is 23.1 Å². The normalized spacial score (nSPS) is 10.8. The van der Waals surface area contributed by atoms with Crippen LogP contribution in [0.5, 0.6) is 5.75 Å². The minimum absolute atomic E-state index is 0.203. The summed E-state index contributed by atoms with van der Waals surface area (Å²) in [6.45, 7) is 2.52. The first kappa shape index (κ1) is 15.0. The Kier molecular flexibility index (Phi) is 4.49. The molecule has 1 aromatic rings. The second-order valence-corrected chi connectivity index (χ2v) is 5.59. The molecule has 0 saturated carbocycles. The molecule has 8 heteroatoms. The third-order valence-electron chi connectivity index (χ3n) is 2.19. The molecule has 0 aliphatic rings. The zero-order chi connectivity index (χ0) is 14.6. The summed E-state index contributed by atoms with van der Waals surface area (Å²) in [6, 6.07) is 2.79. The molecule has 0 saturated heterocycles. The number of hydrogen-bond acceptors (Lipinski definition) is 5. The third kappa shape index (κ3) is 4.25. The van der Waals surface area contributed by atoms with Crippen molar-refractivity contribution in [3.8, 4) is 5.75 Å². The predicted octanol–water partition coefficient (Wildman–Crippen LogP) is 0.278. The lowest BCUT2D eigenvalue weighted by Gasteiger charge is -2.10. The highest BCUT2D eigenvalue weighted by molar-refractivity contribution is 7.90. The number of aromatic hydroxyl groups is 1. The molecule has 0 unspecified atom stereocenters. The summed E-state index contributed by atoms with van der Waals surface area (Å²) in [5.74, 6) is -0.531. The minimum atomic E-state index is -4.09.